The van der Waals surface area contributed by atoms with Crippen molar-refractivity contribution in [2.75, 3.05) is 24.5 Å². The Bertz CT molecular complexity index is 656. The highest BCUT2D eigenvalue weighted by molar-refractivity contribution is 6.02. The van der Waals surface area contributed by atoms with Gasteiger partial charge in [-0.05, 0) is 25.0 Å². The molecule has 1 aromatic rings. The molecule has 0 saturated carbocycles. The molecule has 0 aliphatic carbocycles. The summed E-state index contributed by atoms with van der Waals surface area (Å²) in [6.07, 6.45) is 4.13. The molecule has 0 bridgehead atoms. The van der Waals surface area contributed by atoms with Crippen LogP contribution in [0.2, 0.25) is 0 Å². The number of hydrogen-bond donors (Lipinski definition) is 0. The van der Waals surface area contributed by atoms with Crippen LogP contribution >= 0.6 is 0 Å². The van der Waals surface area contributed by atoms with Gasteiger partial charge < -0.3 is 9.80 Å². The van der Waals surface area contributed by atoms with Gasteiger partial charge in [-0.1, -0.05) is 6.07 Å². The SMILES string of the molecule is O=C(C1CCCN1c1ccccn1)N1CC(N2C(=O)CCC2=O)C1. The van der Waals surface area contributed by atoms with E-state index >= 15 is 0 Å². The molecule has 3 saturated heterocycles. The first kappa shape index (κ1) is 15.1. The molecule has 3 amide bonds. The standard InChI is InChI=1S/C17H20N4O3/c22-15-6-7-16(23)21(15)12-10-19(11-12)17(24)13-4-3-9-20(13)14-5-1-2-8-18-14/h1-2,5,8,12-13H,3-4,6-7,9-11H2. The summed E-state index contributed by atoms with van der Waals surface area (Å²) >= 11 is 0. The summed E-state index contributed by atoms with van der Waals surface area (Å²) in [5.74, 6) is 0.699. The molecule has 7 nitrogen and oxygen atoms in total. The topological polar surface area (TPSA) is 73.8 Å². The van der Waals surface area contributed by atoms with Gasteiger partial charge in [-0.15, -0.1) is 0 Å². The van der Waals surface area contributed by atoms with E-state index in [0.717, 1.165) is 25.2 Å². The van der Waals surface area contributed by atoms with E-state index in [2.05, 4.69) is 9.88 Å². The van der Waals surface area contributed by atoms with E-state index in [-0.39, 0.29) is 29.8 Å². The van der Waals surface area contributed by atoms with Gasteiger partial charge in [-0.2, -0.15) is 0 Å². The van der Waals surface area contributed by atoms with Gasteiger partial charge in [0.05, 0.1) is 6.04 Å². The van der Waals surface area contributed by atoms with Gasteiger partial charge in [0.2, 0.25) is 17.7 Å². The summed E-state index contributed by atoms with van der Waals surface area (Å²) in [5.41, 5.74) is 0. The number of rotatable bonds is 3. The zero-order valence-corrected chi connectivity index (χ0v) is 13.4. The van der Waals surface area contributed by atoms with Crippen LogP contribution in [0.25, 0.3) is 0 Å². The number of anilines is 1. The average Bonchev–Trinajstić information content (AvgIpc) is 3.16. The van der Waals surface area contributed by atoms with Crippen LogP contribution in [0.15, 0.2) is 24.4 Å². The van der Waals surface area contributed by atoms with Gasteiger partial charge in [-0.3, -0.25) is 19.3 Å². The minimum atomic E-state index is -0.189. The number of nitrogens with zero attached hydrogens (tertiary/aromatic N) is 4. The second kappa shape index (κ2) is 5.89. The van der Waals surface area contributed by atoms with E-state index < -0.39 is 0 Å². The van der Waals surface area contributed by atoms with Gasteiger partial charge in [0, 0.05) is 38.7 Å². The number of carbonyl (C=O) groups is 3. The highest BCUT2D eigenvalue weighted by Gasteiger charge is 2.45. The second-order valence-electron chi connectivity index (χ2n) is 6.59. The van der Waals surface area contributed by atoms with Crippen LogP contribution in [0.3, 0.4) is 0 Å². The number of aromatic nitrogens is 1. The predicted molar refractivity (Wildman–Crippen MR) is 86.1 cm³/mol. The quantitative estimate of drug-likeness (QED) is 0.752. The first-order valence-electron chi connectivity index (χ1n) is 8.46. The van der Waals surface area contributed by atoms with E-state index in [1.165, 1.54) is 4.90 Å². The van der Waals surface area contributed by atoms with Crippen LogP contribution in [-0.4, -0.2) is 64.2 Å². The second-order valence-corrected chi connectivity index (χ2v) is 6.59. The molecule has 3 aliphatic heterocycles. The molecule has 3 fully saturated rings. The summed E-state index contributed by atoms with van der Waals surface area (Å²) in [6, 6.07) is 5.38. The molecule has 0 spiro atoms. The van der Waals surface area contributed by atoms with Crippen molar-refractivity contribution in [3.8, 4) is 0 Å². The van der Waals surface area contributed by atoms with Crippen LogP contribution in [0, 0.1) is 0 Å². The van der Waals surface area contributed by atoms with E-state index in [4.69, 9.17) is 0 Å². The van der Waals surface area contributed by atoms with Gasteiger partial charge in [0.15, 0.2) is 0 Å². The molecule has 4 heterocycles. The lowest BCUT2D eigenvalue weighted by atomic mass is 10.0. The molecule has 126 valence electrons. The smallest absolute Gasteiger partial charge is 0.245 e. The Balaban J connectivity index is 1.40. The fourth-order valence-electron chi connectivity index (χ4n) is 3.83. The van der Waals surface area contributed by atoms with Gasteiger partial charge in [0.25, 0.3) is 0 Å². The van der Waals surface area contributed by atoms with Crippen molar-refractivity contribution in [3.63, 3.8) is 0 Å². The van der Waals surface area contributed by atoms with Gasteiger partial charge >= 0.3 is 0 Å². The van der Waals surface area contributed by atoms with Crippen LogP contribution in [0.1, 0.15) is 25.7 Å². The number of carbonyl (C=O) groups excluding carboxylic acids is 3. The summed E-state index contributed by atoms with van der Waals surface area (Å²) in [6.45, 7) is 1.75. The molecule has 7 heteroatoms. The van der Waals surface area contributed by atoms with Crippen LogP contribution in [-0.2, 0) is 14.4 Å². The largest absolute Gasteiger partial charge is 0.345 e. The highest BCUT2D eigenvalue weighted by atomic mass is 16.2. The highest BCUT2D eigenvalue weighted by Crippen LogP contribution is 2.28. The van der Waals surface area contributed by atoms with Crippen molar-refractivity contribution < 1.29 is 14.4 Å². The maximum Gasteiger partial charge on any atom is 0.245 e. The molecular weight excluding hydrogens is 308 g/mol. The lowest BCUT2D eigenvalue weighted by Gasteiger charge is -2.44. The summed E-state index contributed by atoms with van der Waals surface area (Å²) in [5, 5.41) is 0. The van der Waals surface area contributed by atoms with Crippen LogP contribution in [0.5, 0.6) is 0 Å². The van der Waals surface area contributed by atoms with Gasteiger partial charge in [0.1, 0.15) is 11.9 Å². The molecule has 0 radical (unpaired) electrons. The first-order valence-corrected chi connectivity index (χ1v) is 8.46. The van der Waals surface area contributed by atoms with E-state index in [1.54, 1.807) is 11.1 Å². The minimum Gasteiger partial charge on any atom is -0.345 e. The number of amides is 3. The molecule has 1 aromatic heterocycles. The number of imide groups is 1. The van der Waals surface area contributed by atoms with Crippen molar-refractivity contribution >= 4 is 23.5 Å². The maximum absolute atomic E-state index is 12.8. The molecule has 1 atom stereocenters. The number of pyridine rings is 1. The minimum absolute atomic E-state index is 0.0773. The average molecular weight is 328 g/mol. The first-order chi connectivity index (χ1) is 11.6. The third-order valence-electron chi connectivity index (χ3n) is 5.11. The van der Waals surface area contributed by atoms with Crippen molar-refractivity contribution in [1.82, 2.24) is 14.8 Å². The summed E-state index contributed by atoms with van der Waals surface area (Å²) in [7, 11) is 0. The third kappa shape index (κ3) is 2.44. The Morgan fingerprint density at radius 3 is 2.54 bits per heavy atom. The van der Waals surface area contributed by atoms with E-state index in [1.807, 2.05) is 18.2 Å². The fourth-order valence-corrected chi connectivity index (χ4v) is 3.83. The Morgan fingerprint density at radius 1 is 1.12 bits per heavy atom. The molecule has 24 heavy (non-hydrogen) atoms. The van der Waals surface area contributed by atoms with Crippen LogP contribution in [0.4, 0.5) is 5.82 Å². The van der Waals surface area contributed by atoms with Crippen molar-refractivity contribution in [2.24, 2.45) is 0 Å². The van der Waals surface area contributed by atoms with Crippen molar-refractivity contribution in [1.29, 1.82) is 0 Å². The summed E-state index contributed by atoms with van der Waals surface area (Å²) in [4.78, 5) is 45.9. The predicted octanol–water partition coefficient (Wildman–Crippen LogP) is 0.410. The molecule has 0 aromatic carbocycles. The zero-order valence-electron chi connectivity index (χ0n) is 13.4. The maximum atomic E-state index is 12.8. The van der Waals surface area contributed by atoms with Crippen molar-refractivity contribution in [3.05, 3.63) is 24.4 Å². The summed E-state index contributed by atoms with van der Waals surface area (Å²) < 4.78 is 0. The third-order valence-corrected chi connectivity index (χ3v) is 5.11. The lowest BCUT2D eigenvalue weighted by molar-refractivity contribution is -0.152. The molecule has 4 rings (SSSR count). The van der Waals surface area contributed by atoms with Crippen molar-refractivity contribution in [2.45, 2.75) is 37.8 Å². The zero-order chi connectivity index (χ0) is 16.7. The lowest BCUT2D eigenvalue weighted by Crippen LogP contribution is -2.64. The number of likely N-dealkylation sites (tertiary alicyclic amines) is 2. The number of hydrogen-bond acceptors (Lipinski definition) is 5. The van der Waals surface area contributed by atoms with E-state index in [9.17, 15) is 14.4 Å². The molecular formula is C17H20N4O3. The molecule has 0 N–H and O–H groups in total. The molecule has 3 aliphatic rings. The van der Waals surface area contributed by atoms with E-state index in [0.29, 0.717) is 25.9 Å². The Labute approximate surface area is 140 Å². The van der Waals surface area contributed by atoms with Crippen LogP contribution < -0.4 is 4.90 Å². The monoisotopic (exact) mass is 328 g/mol. The molecule has 1 unspecified atom stereocenters. The Kier molecular flexibility index (Phi) is 3.70. The van der Waals surface area contributed by atoms with Gasteiger partial charge in [-0.25, -0.2) is 4.98 Å². The Morgan fingerprint density at radius 2 is 1.88 bits per heavy atom. The normalized spacial score (nSPS) is 24.7. The Hall–Kier alpha value is -2.44. The fraction of sp³-hybridized carbons (Fsp3) is 0.529.